The highest BCUT2D eigenvalue weighted by atomic mass is 32.1. The summed E-state index contributed by atoms with van der Waals surface area (Å²) in [4.78, 5) is 4.59. The van der Waals surface area contributed by atoms with Gasteiger partial charge in [0.25, 0.3) is 0 Å². The van der Waals surface area contributed by atoms with E-state index in [1.807, 2.05) is 6.07 Å². The average molecular weight is 302 g/mol. The van der Waals surface area contributed by atoms with Gasteiger partial charge < -0.3 is 10.1 Å². The molecule has 1 aliphatic rings. The second-order valence-electron chi connectivity index (χ2n) is 5.57. The largest absolute Gasteiger partial charge is 0.487 e. The maximum Gasteiger partial charge on any atom is 0.131 e. The van der Waals surface area contributed by atoms with Crippen LogP contribution in [0.15, 0.2) is 29.6 Å². The van der Waals surface area contributed by atoms with Gasteiger partial charge in [-0.2, -0.15) is 0 Å². The Morgan fingerprint density at radius 2 is 2.29 bits per heavy atom. The van der Waals surface area contributed by atoms with Crippen LogP contribution in [0.2, 0.25) is 0 Å². The van der Waals surface area contributed by atoms with Crippen LogP contribution in [0.3, 0.4) is 0 Å². The van der Waals surface area contributed by atoms with Crippen molar-refractivity contribution in [3.63, 3.8) is 0 Å². The van der Waals surface area contributed by atoms with Crippen LogP contribution in [-0.4, -0.2) is 11.0 Å². The first-order valence-corrected chi connectivity index (χ1v) is 8.60. The Bertz CT molecular complexity index is 578. The van der Waals surface area contributed by atoms with Crippen molar-refractivity contribution in [1.29, 1.82) is 0 Å². The number of ether oxygens (including phenoxy) is 1. The van der Waals surface area contributed by atoms with E-state index in [0.717, 1.165) is 36.9 Å². The second kappa shape index (κ2) is 7.05. The molecule has 1 fully saturated rings. The molecule has 1 heterocycles. The van der Waals surface area contributed by atoms with Crippen LogP contribution in [0.1, 0.15) is 42.5 Å². The third kappa shape index (κ3) is 4.55. The first-order valence-electron chi connectivity index (χ1n) is 7.72. The molecule has 0 aliphatic heterocycles. The van der Waals surface area contributed by atoms with Gasteiger partial charge in [0.05, 0.1) is 10.7 Å². The molecule has 0 saturated heterocycles. The van der Waals surface area contributed by atoms with Gasteiger partial charge in [0.15, 0.2) is 0 Å². The Morgan fingerprint density at radius 3 is 3.10 bits per heavy atom. The second-order valence-corrected chi connectivity index (χ2v) is 6.52. The van der Waals surface area contributed by atoms with Crippen molar-refractivity contribution in [3.05, 3.63) is 45.9 Å². The van der Waals surface area contributed by atoms with Gasteiger partial charge in [-0.05, 0) is 43.4 Å². The normalized spacial score (nSPS) is 14.3. The molecule has 2 aromatic rings. The van der Waals surface area contributed by atoms with Crippen molar-refractivity contribution in [2.75, 3.05) is 0 Å². The van der Waals surface area contributed by atoms with Gasteiger partial charge in [0.2, 0.25) is 0 Å². The van der Waals surface area contributed by atoms with E-state index in [2.05, 4.69) is 40.8 Å². The van der Waals surface area contributed by atoms with E-state index in [1.165, 1.54) is 23.4 Å². The van der Waals surface area contributed by atoms with Crippen LogP contribution in [0.4, 0.5) is 0 Å². The molecule has 1 aromatic heterocycles. The minimum absolute atomic E-state index is 0.555. The lowest BCUT2D eigenvalue weighted by Crippen LogP contribution is -2.15. The van der Waals surface area contributed by atoms with Crippen LogP contribution in [-0.2, 0) is 19.6 Å². The van der Waals surface area contributed by atoms with Crippen LogP contribution < -0.4 is 10.1 Å². The number of hydrogen-bond acceptors (Lipinski definition) is 4. The van der Waals surface area contributed by atoms with Crippen molar-refractivity contribution >= 4 is 11.3 Å². The molecule has 0 spiro atoms. The summed E-state index contributed by atoms with van der Waals surface area (Å²) in [6.45, 7) is 3.66. The summed E-state index contributed by atoms with van der Waals surface area (Å²) in [5.74, 6) is 0.926. The molecule has 0 bridgehead atoms. The topological polar surface area (TPSA) is 34.1 Å². The molecule has 1 saturated carbocycles. The van der Waals surface area contributed by atoms with E-state index >= 15 is 0 Å². The number of nitrogens with zero attached hydrogens (tertiary/aromatic N) is 1. The van der Waals surface area contributed by atoms with Crippen LogP contribution in [0.25, 0.3) is 0 Å². The highest BCUT2D eigenvalue weighted by molar-refractivity contribution is 7.09. The summed E-state index contributed by atoms with van der Waals surface area (Å²) >= 11 is 1.73. The van der Waals surface area contributed by atoms with Gasteiger partial charge >= 0.3 is 0 Å². The SMILES string of the molecule is CCCc1nc(COc2cccc(CNC3CC3)c2)cs1. The fourth-order valence-electron chi connectivity index (χ4n) is 2.20. The molecule has 1 N–H and O–H groups in total. The first-order chi connectivity index (χ1) is 10.3. The van der Waals surface area contributed by atoms with Crippen molar-refractivity contribution in [2.24, 2.45) is 0 Å². The van der Waals surface area contributed by atoms with Gasteiger partial charge in [-0.25, -0.2) is 4.98 Å². The molecule has 4 heteroatoms. The third-order valence-corrected chi connectivity index (χ3v) is 4.48. The summed E-state index contributed by atoms with van der Waals surface area (Å²) in [7, 11) is 0. The van der Waals surface area contributed by atoms with Gasteiger partial charge in [0.1, 0.15) is 12.4 Å². The lowest BCUT2D eigenvalue weighted by atomic mass is 10.2. The summed E-state index contributed by atoms with van der Waals surface area (Å²) < 4.78 is 5.86. The Hall–Kier alpha value is -1.39. The predicted octanol–water partition coefficient (Wildman–Crippen LogP) is 3.93. The monoisotopic (exact) mass is 302 g/mol. The minimum atomic E-state index is 0.555. The van der Waals surface area contributed by atoms with Crippen molar-refractivity contribution in [1.82, 2.24) is 10.3 Å². The molecule has 0 unspecified atom stereocenters. The fourth-order valence-corrected chi connectivity index (χ4v) is 3.08. The number of aryl methyl sites for hydroxylation is 1. The van der Waals surface area contributed by atoms with E-state index in [0.29, 0.717) is 6.61 Å². The molecular formula is C17H22N2OS. The Morgan fingerprint density at radius 1 is 1.38 bits per heavy atom. The van der Waals surface area contributed by atoms with Gasteiger partial charge in [-0.15, -0.1) is 11.3 Å². The van der Waals surface area contributed by atoms with Crippen LogP contribution in [0, 0.1) is 0 Å². The molecule has 1 aromatic carbocycles. The summed E-state index contributed by atoms with van der Waals surface area (Å²) in [5.41, 5.74) is 2.31. The van der Waals surface area contributed by atoms with E-state index in [1.54, 1.807) is 11.3 Å². The quantitative estimate of drug-likeness (QED) is 0.802. The molecule has 0 radical (unpaired) electrons. The molecular weight excluding hydrogens is 280 g/mol. The Balaban J connectivity index is 1.52. The zero-order chi connectivity index (χ0) is 14.5. The van der Waals surface area contributed by atoms with E-state index in [9.17, 15) is 0 Å². The molecule has 112 valence electrons. The summed E-state index contributed by atoms with van der Waals surface area (Å²) in [6.07, 6.45) is 4.84. The molecule has 3 rings (SSSR count). The van der Waals surface area contributed by atoms with E-state index in [-0.39, 0.29) is 0 Å². The van der Waals surface area contributed by atoms with Crippen LogP contribution >= 0.6 is 11.3 Å². The van der Waals surface area contributed by atoms with Gasteiger partial charge in [-0.3, -0.25) is 0 Å². The summed E-state index contributed by atoms with van der Waals surface area (Å²) in [6, 6.07) is 9.07. The fraction of sp³-hybridized carbons (Fsp3) is 0.471. The lowest BCUT2D eigenvalue weighted by molar-refractivity contribution is 0.301. The summed E-state index contributed by atoms with van der Waals surface area (Å²) in [5, 5.41) is 6.83. The molecule has 0 amide bonds. The van der Waals surface area contributed by atoms with E-state index in [4.69, 9.17) is 4.74 Å². The smallest absolute Gasteiger partial charge is 0.131 e. The number of aromatic nitrogens is 1. The van der Waals surface area contributed by atoms with Gasteiger partial charge in [0, 0.05) is 18.0 Å². The maximum atomic E-state index is 5.86. The predicted molar refractivity (Wildman–Crippen MR) is 86.7 cm³/mol. The standard InChI is InChI=1S/C17H22N2OS/c1-2-4-17-19-15(12-21-17)11-20-16-6-3-5-13(9-16)10-18-14-7-8-14/h3,5-6,9,12,14,18H,2,4,7-8,10-11H2,1H3. The number of benzene rings is 1. The number of thiazole rings is 1. The lowest BCUT2D eigenvalue weighted by Gasteiger charge is -2.07. The Labute approximate surface area is 130 Å². The Kier molecular flexibility index (Phi) is 4.88. The number of hydrogen-bond donors (Lipinski definition) is 1. The van der Waals surface area contributed by atoms with Crippen molar-refractivity contribution < 1.29 is 4.74 Å². The van der Waals surface area contributed by atoms with Gasteiger partial charge in [-0.1, -0.05) is 19.1 Å². The third-order valence-electron chi connectivity index (χ3n) is 3.52. The van der Waals surface area contributed by atoms with Crippen molar-refractivity contribution in [2.45, 2.75) is 51.8 Å². The molecule has 0 atom stereocenters. The van der Waals surface area contributed by atoms with Crippen molar-refractivity contribution in [3.8, 4) is 5.75 Å². The zero-order valence-electron chi connectivity index (χ0n) is 12.5. The highest BCUT2D eigenvalue weighted by Gasteiger charge is 2.19. The highest BCUT2D eigenvalue weighted by Crippen LogP contribution is 2.21. The molecule has 3 nitrogen and oxygen atoms in total. The zero-order valence-corrected chi connectivity index (χ0v) is 13.3. The van der Waals surface area contributed by atoms with E-state index < -0.39 is 0 Å². The maximum absolute atomic E-state index is 5.86. The molecule has 21 heavy (non-hydrogen) atoms. The minimum Gasteiger partial charge on any atom is -0.487 e. The molecule has 1 aliphatic carbocycles. The number of nitrogens with one attached hydrogen (secondary N) is 1. The number of rotatable bonds is 8. The first kappa shape index (κ1) is 14.5. The van der Waals surface area contributed by atoms with Crippen LogP contribution in [0.5, 0.6) is 5.75 Å². The average Bonchev–Trinajstić information content (AvgIpc) is 3.23.